The molecule has 0 saturated heterocycles. The molecule has 0 aromatic carbocycles. The number of rotatable bonds is 36. The third-order valence-electron chi connectivity index (χ3n) is 9.09. The number of nitrogens with zero attached hydrogens (tertiary/aromatic N) is 1. The molecule has 0 fully saturated rings. The van der Waals surface area contributed by atoms with Crippen molar-refractivity contribution in [3.63, 3.8) is 0 Å². The molecule has 0 heterocycles. The molecule has 6 nitrogen and oxygen atoms in total. The zero-order valence-electron chi connectivity index (χ0n) is 31.7. The molecule has 0 radical (unpaired) electrons. The molecular weight excluding hydrogens is 584 g/mol. The fraction of sp³-hybridized carbons (Fsp3) is 0.854. The first-order chi connectivity index (χ1) is 23.1. The van der Waals surface area contributed by atoms with Gasteiger partial charge < -0.3 is 19.7 Å². The number of allylic oxidation sites excluding steroid dienone is 2. The number of hydrogen-bond donors (Lipinski definition) is 1. The van der Waals surface area contributed by atoms with Crippen molar-refractivity contribution in [3.05, 3.63) is 24.3 Å². The lowest BCUT2D eigenvalue weighted by Gasteiger charge is -2.26. The van der Waals surface area contributed by atoms with E-state index >= 15 is 0 Å². The van der Waals surface area contributed by atoms with E-state index in [4.69, 9.17) is 9.47 Å². The van der Waals surface area contributed by atoms with E-state index in [-0.39, 0.29) is 11.9 Å². The second-order valence-corrected chi connectivity index (χ2v) is 13.5. The molecule has 0 saturated carbocycles. The van der Waals surface area contributed by atoms with Crippen molar-refractivity contribution in [3.8, 4) is 0 Å². The highest BCUT2D eigenvalue weighted by atomic mass is 16.5. The van der Waals surface area contributed by atoms with Crippen LogP contribution in [0.2, 0.25) is 0 Å². The van der Waals surface area contributed by atoms with Crippen LogP contribution >= 0.6 is 0 Å². The maximum absolute atomic E-state index is 12.0. The van der Waals surface area contributed by atoms with E-state index in [9.17, 15) is 9.59 Å². The van der Waals surface area contributed by atoms with Crippen molar-refractivity contribution in [2.24, 2.45) is 5.92 Å². The maximum Gasteiger partial charge on any atom is 0.306 e. The number of esters is 2. The van der Waals surface area contributed by atoms with E-state index in [2.05, 4.69) is 43.1 Å². The Hall–Kier alpha value is -1.66. The van der Waals surface area contributed by atoms with Crippen LogP contribution in [0.3, 0.4) is 0 Å². The third kappa shape index (κ3) is 34.0. The molecule has 1 N–H and O–H groups in total. The lowest BCUT2D eigenvalue weighted by molar-refractivity contribution is -0.143. The zero-order valence-corrected chi connectivity index (χ0v) is 31.7. The van der Waals surface area contributed by atoms with Crippen molar-refractivity contribution in [2.45, 2.75) is 175 Å². The van der Waals surface area contributed by atoms with Crippen molar-refractivity contribution >= 4 is 11.9 Å². The minimum absolute atomic E-state index is 0.0573. The summed E-state index contributed by atoms with van der Waals surface area (Å²) in [7, 11) is 2.03. The van der Waals surface area contributed by atoms with Crippen LogP contribution in [0.4, 0.5) is 0 Å². The first-order valence-corrected chi connectivity index (χ1v) is 20.0. The largest absolute Gasteiger partial charge is 0.461 e. The topological polar surface area (TPSA) is 67.9 Å². The standard InChI is InChI=1S/C41H78N2O4/c1-5-8-10-12-14-22-28-36-46-40(44)32-26-20-16-18-24-30-39(38-43(7-3)35-34-42-4)31-25-19-17-21-27-33-41(45)47-37-29-23-15-13-11-9-6-2/h22-23,28-29,39,42H,5-21,24-27,30-38H2,1-4H3/b28-22+,29-23+. The Morgan fingerprint density at radius 2 is 1.04 bits per heavy atom. The van der Waals surface area contributed by atoms with Crippen LogP contribution in [0.25, 0.3) is 0 Å². The highest BCUT2D eigenvalue weighted by molar-refractivity contribution is 5.69. The van der Waals surface area contributed by atoms with E-state index in [1.165, 1.54) is 109 Å². The minimum atomic E-state index is -0.0573. The van der Waals surface area contributed by atoms with Crippen LogP contribution < -0.4 is 5.32 Å². The molecule has 0 spiro atoms. The number of unbranched alkanes of at least 4 members (excludes halogenated alkanes) is 16. The molecule has 0 atom stereocenters. The minimum Gasteiger partial charge on any atom is -0.461 e. The molecule has 0 amide bonds. The van der Waals surface area contributed by atoms with Crippen molar-refractivity contribution in [2.75, 3.05) is 46.4 Å². The first-order valence-electron chi connectivity index (χ1n) is 20.0. The van der Waals surface area contributed by atoms with E-state index in [0.29, 0.717) is 26.1 Å². The van der Waals surface area contributed by atoms with Gasteiger partial charge in [0.1, 0.15) is 13.2 Å². The van der Waals surface area contributed by atoms with E-state index < -0.39 is 0 Å². The van der Waals surface area contributed by atoms with Gasteiger partial charge in [0.05, 0.1) is 0 Å². The number of carbonyl (C=O) groups excluding carboxylic acids is 2. The Kier molecular flexibility index (Phi) is 35.9. The van der Waals surface area contributed by atoms with Gasteiger partial charge in [-0.25, -0.2) is 0 Å². The molecule has 47 heavy (non-hydrogen) atoms. The van der Waals surface area contributed by atoms with Gasteiger partial charge in [-0.3, -0.25) is 9.59 Å². The van der Waals surface area contributed by atoms with Gasteiger partial charge in [-0.2, -0.15) is 0 Å². The summed E-state index contributed by atoms with van der Waals surface area (Å²) in [5, 5.41) is 3.30. The molecule has 0 aromatic rings. The monoisotopic (exact) mass is 663 g/mol. The Bertz CT molecular complexity index is 687. The van der Waals surface area contributed by atoms with Crippen LogP contribution in [-0.2, 0) is 19.1 Å². The van der Waals surface area contributed by atoms with Gasteiger partial charge in [0.15, 0.2) is 0 Å². The van der Waals surface area contributed by atoms with Crippen molar-refractivity contribution < 1.29 is 19.1 Å². The Morgan fingerprint density at radius 3 is 1.49 bits per heavy atom. The maximum atomic E-state index is 12.0. The average Bonchev–Trinajstić information content (AvgIpc) is 3.07. The predicted molar refractivity (Wildman–Crippen MR) is 202 cm³/mol. The van der Waals surface area contributed by atoms with E-state index in [1.807, 2.05) is 19.2 Å². The molecule has 0 aliphatic rings. The average molecular weight is 663 g/mol. The van der Waals surface area contributed by atoms with E-state index in [1.54, 1.807) is 0 Å². The summed E-state index contributed by atoms with van der Waals surface area (Å²) < 4.78 is 10.7. The highest BCUT2D eigenvalue weighted by Crippen LogP contribution is 2.21. The molecular formula is C41H78N2O4. The number of carbonyl (C=O) groups is 2. The number of hydrogen-bond acceptors (Lipinski definition) is 6. The third-order valence-corrected chi connectivity index (χ3v) is 9.09. The lowest BCUT2D eigenvalue weighted by Crippen LogP contribution is -2.34. The van der Waals surface area contributed by atoms with Crippen LogP contribution in [-0.4, -0.2) is 63.3 Å². The summed E-state index contributed by atoms with van der Waals surface area (Å²) >= 11 is 0. The molecule has 0 bridgehead atoms. The Balaban J connectivity index is 4.08. The smallest absolute Gasteiger partial charge is 0.306 e. The molecule has 0 aromatic heterocycles. The Labute approximate surface area is 292 Å². The van der Waals surface area contributed by atoms with Gasteiger partial charge in [0.25, 0.3) is 0 Å². The first kappa shape index (κ1) is 45.3. The number of ether oxygens (including phenoxy) is 2. The molecule has 276 valence electrons. The van der Waals surface area contributed by atoms with Crippen molar-refractivity contribution in [1.82, 2.24) is 10.2 Å². The van der Waals surface area contributed by atoms with Crippen LogP contribution in [0, 0.1) is 5.92 Å². The van der Waals surface area contributed by atoms with Gasteiger partial charge in [0.2, 0.25) is 0 Å². The highest BCUT2D eigenvalue weighted by Gasteiger charge is 2.13. The lowest BCUT2D eigenvalue weighted by atomic mass is 9.93. The quantitative estimate of drug-likeness (QED) is 0.0409. The van der Waals surface area contributed by atoms with Crippen LogP contribution in [0.5, 0.6) is 0 Å². The van der Waals surface area contributed by atoms with Crippen molar-refractivity contribution in [1.29, 1.82) is 0 Å². The van der Waals surface area contributed by atoms with E-state index in [0.717, 1.165) is 64.1 Å². The van der Waals surface area contributed by atoms with Gasteiger partial charge >= 0.3 is 11.9 Å². The molecule has 0 unspecified atom stereocenters. The molecule has 6 heteroatoms. The van der Waals surface area contributed by atoms with Gasteiger partial charge in [-0.05, 0) is 70.9 Å². The molecule has 0 rings (SSSR count). The summed E-state index contributed by atoms with van der Waals surface area (Å²) in [6, 6.07) is 0. The summed E-state index contributed by atoms with van der Waals surface area (Å²) in [5.41, 5.74) is 0. The van der Waals surface area contributed by atoms with Gasteiger partial charge in [-0.15, -0.1) is 0 Å². The Morgan fingerprint density at radius 1 is 0.596 bits per heavy atom. The van der Waals surface area contributed by atoms with Gasteiger partial charge in [0, 0.05) is 32.5 Å². The summed E-state index contributed by atoms with van der Waals surface area (Å²) in [6.45, 7) is 12.0. The zero-order chi connectivity index (χ0) is 34.5. The molecule has 0 aliphatic carbocycles. The summed E-state index contributed by atoms with van der Waals surface area (Å²) in [6.07, 6.45) is 35.8. The SMILES string of the molecule is CCCCCC/C=C/COC(=O)CCCCCCCC(CCCCCCCC(=O)OC/C=C/CCCCCC)CN(CC)CCNC. The van der Waals surface area contributed by atoms with Crippen LogP contribution in [0.15, 0.2) is 24.3 Å². The number of likely N-dealkylation sites (N-methyl/N-ethyl adjacent to an activating group) is 2. The predicted octanol–water partition coefficient (Wildman–Crippen LogP) is 10.7. The number of nitrogens with one attached hydrogen (secondary N) is 1. The second kappa shape index (κ2) is 37.2. The fourth-order valence-electron chi connectivity index (χ4n) is 5.98. The van der Waals surface area contributed by atoms with Gasteiger partial charge in [-0.1, -0.05) is 135 Å². The summed E-state index contributed by atoms with van der Waals surface area (Å²) in [4.78, 5) is 26.6. The van der Waals surface area contributed by atoms with Crippen LogP contribution in [0.1, 0.15) is 175 Å². The second-order valence-electron chi connectivity index (χ2n) is 13.5. The molecule has 0 aliphatic heterocycles. The summed E-state index contributed by atoms with van der Waals surface area (Å²) in [5.74, 6) is 0.632. The normalized spacial score (nSPS) is 11.9. The fourth-order valence-corrected chi connectivity index (χ4v) is 5.98.